The number of para-hydroxylation sites is 4. The Morgan fingerprint density at radius 2 is 0.980 bits per heavy atom. The minimum absolute atomic E-state index is 0.330. The van der Waals surface area contributed by atoms with Crippen molar-refractivity contribution in [3.05, 3.63) is 168 Å². The molecule has 0 aliphatic rings. The zero-order valence-electron chi connectivity index (χ0n) is 26.7. The zero-order chi connectivity index (χ0) is 33.8. The first kappa shape index (κ1) is 28.8. The van der Waals surface area contributed by atoms with Crippen LogP contribution in [-0.4, -0.2) is 9.13 Å². The molecule has 0 fully saturated rings. The first-order valence-electron chi connectivity index (χ1n) is 16.3. The van der Waals surface area contributed by atoms with Crippen LogP contribution in [0.4, 0.5) is 0 Å². The highest BCUT2D eigenvalue weighted by Crippen LogP contribution is 2.39. The van der Waals surface area contributed by atoms with Crippen molar-refractivity contribution >= 4 is 43.6 Å². The number of rotatable bonds is 4. The quantitative estimate of drug-likeness (QED) is 0.193. The molecular formula is C45H25N5. The summed E-state index contributed by atoms with van der Waals surface area (Å²) in [5.74, 6) is 0. The van der Waals surface area contributed by atoms with E-state index in [0.29, 0.717) is 22.3 Å². The van der Waals surface area contributed by atoms with E-state index >= 15 is 0 Å². The average Bonchev–Trinajstić information content (AvgIpc) is 3.70. The Morgan fingerprint density at radius 3 is 1.62 bits per heavy atom. The van der Waals surface area contributed by atoms with E-state index in [1.165, 1.54) is 10.8 Å². The third-order valence-corrected chi connectivity index (χ3v) is 9.64. The van der Waals surface area contributed by atoms with Crippen LogP contribution in [0, 0.1) is 34.0 Å². The van der Waals surface area contributed by atoms with Gasteiger partial charge in [0.25, 0.3) is 0 Å². The second-order valence-electron chi connectivity index (χ2n) is 12.3. The van der Waals surface area contributed by atoms with Crippen LogP contribution in [0.5, 0.6) is 0 Å². The van der Waals surface area contributed by atoms with Crippen molar-refractivity contribution in [3.63, 3.8) is 0 Å². The molecule has 50 heavy (non-hydrogen) atoms. The Morgan fingerprint density at radius 1 is 0.400 bits per heavy atom. The van der Waals surface area contributed by atoms with E-state index in [1.807, 2.05) is 78.9 Å². The summed E-state index contributed by atoms with van der Waals surface area (Å²) in [6.07, 6.45) is 0. The fourth-order valence-corrected chi connectivity index (χ4v) is 7.44. The number of fused-ring (bicyclic) bond motifs is 6. The third kappa shape index (κ3) is 4.31. The molecule has 0 atom stereocenters. The number of nitrogens with zero attached hydrogens (tertiary/aromatic N) is 5. The summed E-state index contributed by atoms with van der Waals surface area (Å²) in [5.41, 5.74) is 10.8. The van der Waals surface area contributed by atoms with Gasteiger partial charge in [-0.1, -0.05) is 84.9 Å². The molecule has 2 aromatic heterocycles. The molecule has 0 saturated heterocycles. The first-order valence-corrected chi connectivity index (χ1v) is 16.3. The molecule has 0 N–H and O–H groups in total. The van der Waals surface area contributed by atoms with Crippen LogP contribution in [0.1, 0.15) is 16.7 Å². The number of nitriles is 3. The van der Waals surface area contributed by atoms with Crippen LogP contribution >= 0.6 is 0 Å². The number of benzene rings is 7. The molecular weight excluding hydrogens is 611 g/mol. The van der Waals surface area contributed by atoms with E-state index in [4.69, 9.17) is 0 Å². The minimum atomic E-state index is 0.330. The molecule has 0 aliphatic carbocycles. The zero-order valence-corrected chi connectivity index (χ0v) is 26.7. The Balaban J connectivity index is 1.22. The van der Waals surface area contributed by atoms with Gasteiger partial charge in [-0.15, -0.1) is 0 Å². The summed E-state index contributed by atoms with van der Waals surface area (Å²) in [6, 6.07) is 57.9. The van der Waals surface area contributed by atoms with Gasteiger partial charge in [-0.25, -0.2) is 0 Å². The lowest BCUT2D eigenvalue weighted by atomic mass is 9.91. The Bertz CT molecular complexity index is 2900. The van der Waals surface area contributed by atoms with Crippen molar-refractivity contribution in [1.82, 2.24) is 9.13 Å². The van der Waals surface area contributed by atoms with Crippen LogP contribution in [0.25, 0.3) is 77.2 Å². The van der Waals surface area contributed by atoms with Gasteiger partial charge in [0.05, 0.1) is 50.5 Å². The van der Waals surface area contributed by atoms with Crippen LogP contribution in [0.2, 0.25) is 0 Å². The summed E-state index contributed by atoms with van der Waals surface area (Å²) < 4.78 is 4.48. The van der Waals surface area contributed by atoms with Crippen LogP contribution < -0.4 is 0 Å². The lowest BCUT2D eigenvalue weighted by molar-refractivity contribution is 1.18. The fraction of sp³-hybridized carbons (Fsp3) is 0. The van der Waals surface area contributed by atoms with Gasteiger partial charge in [-0.05, 0) is 77.9 Å². The summed E-state index contributed by atoms with van der Waals surface area (Å²) in [6.45, 7) is 0. The molecule has 2 heterocycles. The summed E-state index contributed by atoms with van der Waals surface area (Å²) >= 11 is 0. The highest BCUT2D eigenvalue weighted by molar-refractivity contribution is 6.10. The summed E-state index contributed by atoms with van der Waals surface area (Å²) in [7, 11) is 0. The Labute approximate surface area is 287 Å². The second kappa shape index (κ2) is 11.4. The predicted molar refractivity (Wildman–Crippen MR) is 200 cm³/mol. The Kier molecular flexibility index (Phi) is 6.56. The highest BCUT2D eigenvalue weighted by Gasteiger charge is 2.19. The third-order valence-electron chi connectivity index (χ3n) is 9.64. The lowest BCUT2D eigenvalue weighted by Crippen LogP contribution is -1.99. The van der Waals surface area contributed by atoms with Crippen LogP contribution in [0.15, 0.2) is 152 Å². The SMILES string of the molecule is N#Cc1ccc2c(c1)c1ccccc1n2-c1ccc(-c2cc(-c3ccccc3-n3c4ccccc4c4ccccc43)cc(C#N)c2C#N)cc1. The predicted octanol–water partition coefficient (Wildman–Crippen LogP) is 10.8. The minimum Gasteiger partial charge on any atom is -0.309 e. The Hall–Kier alpha value is -7.39. The molecule has 0 unspecified atom stereocenters. The topological polar surface area (TPSA) is 81.2 Å². The van der Waals surface area contributed by atoms with E-state index in [-0.39, 0.29) is 0 Å². The molecule has 9 rings (SSSR count). The number of hydrogen-bond acceptors (Lipinski definition) is 3. The van der Waals surface area contributed by atoms with Crippen LogP contribution in [0.3, 0.4) is 0 Å². The molecule has 5 nitrogen and oxygen atoms in total. The number of hydrogen-bond donors (Lipinski definition) is 0. The monoisotopic (exact) mass is 635 g/mol. The molecule has 230 valence electrons. The van der Waals surface area contributed by atoms with Gasteiger partial charge in [0.15, 0.2) is 0 Å². The molecule has 0 aliphatic heterocycles. The molecule has 0 amide bonds. The van der Waals surface area contributed by atoms with Gasteiger partial charge in [0, 0.05) is 38.4 Å². The smallest absolute Gasteiger partial charge is 0.101 e. The maximum Gasteiger partial charge on any atom is 0.101 e. The van der Waals surface area contributed by atoms with Crippen molar-refractivity contribution in [2.75, 3.05) is 0 Å². The van der Waals surface area contributed by atoms with Crippen molar-refractivity contribution in [2.24, 2.45) is 0 Å². The van der Waals surface area contributed by atoms with E-state index in [2.05, 4.69) is 100 Å². The van der Waals surface area contributed by atoms with E-state index in [0.717, 1.165) is 60.9 Å². The molecule has 5 heteroatoms. The van der Waals surface area contributed by atoms with Gasteiger partial charge in [-0.3, -0.25) is 0 Å². The van der Waals surface area contributed by atoms with Gasteiger partial charge >= 0.3 is 0 Å². The molecule has 0 spiro atoms. The van der Waals surface area contributed by atoms with Crippen molar-refractivity contribution < 1.29 is 0 Å². The average molecular weight is 636 g/mol. The maximum atomic E-state index is 10.3. The second-order valence-corrected chi connectivity index (χ2v) is 12.3. The molecule has 9 aromatic rings. The summed E-state index contributed by atoms with van der Waals surface area (Å²) in [4.78, 5) is 0. The largest absolute Gasteiger partial charge is 0.309 e. The van der Waals surface area contributed by atoms with Gasteiger partial charge in [0.1, 0.15) is 12.1 Å². The maximum absolute atomic E-state index is 10.3. The fourth-order valence-electron chi connectivity index (χ4n) is 7.44. The van der Waals surface area contributed by atoms with Gasteiger partial charge in [0.2, 0.25) is 0 Å². The number of aromatic nitrogens is 2. The highest BCUT2D eigenvalue weighted by atomic mass is 15.0. The van der Waals surface area contributed by atoms with Gasteiger partial charge < -0.3 is 9.13 Å². The molecule has 0 radical (unpaired) electrons. The van der Waals surface area contributed by atoms with Crippen molar-refractivity contribution in [2.45, 2.75) is 0 Å². The molecule has 0 saturated carbocycles. The molecule has 0 bridgehead atoms. The molecule has 7 aromatic carbocycles. The first-order chi connectivity index (χ1) is 24.7. The van der Waals surface area contributed by atoms with Gasteiger partial charge in [-0.2, -0.15) is 15.8 Å². The normalized spacial score (nSPS) is 11.1. The van der Waals surface area contributed by atoms with Crippen molar-refractivity contribution in [3.8, 4) is 51.8 Å². The standard InChI is InChI=1S/C45H25N5/c46-26-29-17-22-45-39(23-29)37-12-4-6-14-42(37)49(45)33-20-18-30(19-21-33)38-25-31(24-32(27-47)40(38)28-48)34-9-1-5-13-41(34)50-43-15-7-2-10-35(43)36-11-3-8-16-44(36)50/h1-25H. The summed E-state index contributed by atoms with van der Waals surface area (Å²) in [5, 5.41) is 34.6. The lowest BCUT2D eigenvalue weighted by Gasteiger charge is -2.16. The van der Waals surface area contributed by atoms with Crippen LogP contribution in [-0.2, 0) is 0 Å². The van der Waals surface area contributed by atoms with E-state index < -0.39 is 0 Å². The van der Waals surface area contributed by atoms with Crippen molar-refractivity contribution in [1.29, 1.82) is 15.8 Å². The van der Waals surface area contributed by atoms with E-state index in [1.54, 1.807) is 0 Å². The van der Waals surface area contributed by atoms with E-state index in [9.17, 15) is 15.8 Å².